The van der Waals surface area contributed by atoms with Crippen LogP contribution in [0, 0.1) is 0 Å². The number of pyridine rings is 1. The molecule has 3 heterocycles. The molecule has 1 amide bonds. The standard InChI is InChI=1S/C17H17N5O.C2HF3O2/c18-8-11-5-6-22(16-4-2-1-3-13(11)16)17(23)14-7-12-9-20-21-15(12)10-19-14;3-2(4,5)1(6)7/h1-4,7,9-11H,5-6,8,18H2,(H,20,21);(H,6,7). The Morgan fingerprint density at radius 3 is 2.63 bits per heavy atom. The summed E-state index contributed by atoms with van der Waals surface area (Å²) in [7, 11) is 0. The molecular weight excluding hydrogens is 403 g/mol. The zero-order valence-electron chi connectivity index (χ0n) is 15.6. The van der Waals surface area contributed by atoms with Gasteiger partial charge in [0.05, 0.1) is 17.9 Å². The van der Waals surface area contributed by atoms with Crippen molar-refractivity contribution in [2.24, 2.45) is 5.73 Å². The monoisotopic (exact) mass is 421 g/mol. The average molecular weight is 421 g/mol. The highest BCUT2D eigenvalue weighted by atomic mass is 19.4. The number of benzene rings is 1. The first-order chi connectivity index (χ1) is 14.2. The van der Waals surface area contributed by atoms with Gasteiger partial charge in [-0.25, -0.2) is 9.78 Å². The van der Waals surface area contributed by atoms with Gasteiger partial charge in [0.2, 0.25) is 0 Å². The highest BCUT2D eigenvalue weighted by molar-refractivity contribution is 6.07. The maximum absolute atomic E-state index is 12.9. The van der Waals surface area contributed by atoms with Gasteiger partial charge in [0, 0.05) is 17.6 Å². The molecule has 2 aromatic heterocycles. The van der Waals surface area contributed by atoms with Crippen LogP contribution in [0.1, 0.15) is 28.4 Å². The number of carboxylic acid groups (broad SMARTS) is 1. The van der Waals surface area contributed by atoms with Crippen molar-refractivity contribution < 1.29 is 27.9 Å². The molecule has 8 nitrogen and oxygen atoms in total. The largest absolute Gasteiger partial charge is 0.490 e. The summed E-state index contributed by atoms with van der Waals surface area (Å²) in [5.41, 5.74) is 9.20. The Morgan fingerprint density at radius 1 is 1.27 bits per heavy atom. The molecule has 4 rings (SSSR count). The second kappa shape index (κ2) is 8.49. The SMILES string of the molecule is NCC1CCN(C(=O)c2cc3cn[nH]c3cn2)c2ccccc21.O=C(O)C(F)(F)F. The quantitative estimate of drug-likeness (QED) is 0.584. The van der Waals surface area contributed by atoms with Gasteiger partial charge < -0.3 is 15.7 Å². The number of carbonyl (C=O) groups excluding carboxylic acids is 1. The third kappa shape index (κ3) is 4.40. The third-order valence-electron chi connectivity index (χ3n) is 4.68. The topological polar surface area (TPSA) is 125 Å². The van der Waals surface area contributed by atoms with Crippen LogP contribution in [0.4, 0.5) is 18.9 Å². The summed E-state index contributed by atoms with van der Waals surface area (Å²) in [4.78, 5) is 27.9. The minimum Gasteiger partial charge on any atom is -0.475 e. The Labute approximate surface area is 168 Å². The molecule has 0 aliphatic carbocycles. The van der Waals surface area contributed by atoms with Gasteiger partial charge in [-0.15, -0.1) is 0 Å². The number of aromatic nitrogens is 3. The number of anilines is 1. The van der Waals surface area contributed by atoms with E-state index in [0.29, 0.717) is 24.7 Å². The molecule has 1 aliphatic rings. The molecule has 4 N–H and O–H groups in total. The van der Waals surface area contributed by atoms with Crippen molar-refractivity contribution >= 4 is 28.5 Å². The summed E-state index contributed by atoms with van der Waals surface area (Å²) in [6, 6.07) is 9.75. The van der Waals surface area contributed by atoms with E-state index in [2.05, 4.69) is 21.2 Å². The summed E-state index contributed by atoms with van der Waals surface area (Å²) in [6.45, 7) is 1.25. The van der Waals surface area contributed by atoms with Gasteiger partial charge in [0.25, 0.3) is 5.91 Å². The number of para-hydroxylation sites is 1. The van der Waals surface area contributed by atoms with Crippen molar-refractivity contribution in [3.05, 3.63) is 54.0 Å². The van der Waals surface area contributed by atoms with Gasteiger partial charge >= 0.3 is 12.1 Å². The molecule has 1 atom stereocenters. The Hall–Kier alpha value is -3.47. The average Bonchev–Trinajstić information content (AvgIpc) is 3.20. The lowest BCUT2D eigenvalue weighted by Gasteiger charge is -2.33. The summed E-state index contributed by atoms with van der Waals surface area (Å²) in [5.74, 6) is -2.54. The van der Waals surface area contributed by atoms with Crippen molar-refractivity contribution in [3.8, 4) is 0 Å². The first-order valence-electron chi connectivity index (χ1n) is 8.92. The number of carbonyl (C=O) groups is 2. The molecule has 0 bridgehead atoms. The number of nitrogens with one attached hydrogen (secondary N) is 1. The highest BCUT2D eigenvalue weighted by Crippen LogP contribution is 2.35. The maximum atomic E-state index is 12.9. The summed E-state index contributed by atoms with van der Waals surface area (Å²) >= 11 is 0. The van der Waals surface area contributed by atoms with Crippen LogP contribution in [0.15, 0.2) is 42.7 Å². The Balaban J connectivity index is 0.000000318. The maximum Gasteiger partial charge on any atom is 0.490 e. The number of aliphatic carboxylic acids is 1. The number of alkyl halides is 3. The molecule has 0 fully saturated rings. The lowest BCUT2D eigenvalue weighted by molar-refractivity contribution is -0.192. The van der Waals surface area contributed by atoms with Crippen LogP contribution >= 0.6 is 0 Å². The number of amides is 1. The fraction of sp³-hybridized carbons (Fsp3) is 0.263. The van der Waals surface area contributed by atoms with E-state index in [1.54, 1.807) is 23.4 Å². The lowest BCUT2D eigenvalue weighted by atomic mass is 9.90. The summed E-state index contributed by atoms with van der Waals surface area (Å²) < 4.78 is 31.7. The van der Waals surface area contributed by atoms with Crippen molar-refractivity contribution in [2.75, 3.05) is 18.0 Å². The first kappa shape index (κ1) is 21.2. The number of hydrogen-bond acceptors (Lipinski definition) is 5. The molecule has 1 aliphatic heterocycles. The fourth-order valence-electron chi connectivity index (χ4n) is 3.19. The Morgan fingerprint density at radius 2 is 1.97 bits per heavy atom. The van der Waals surface area contributed by atoms with E-state index < -0.39 is 12.1 Å². The van der Waals surface area contributed by atoms with Crippen LogP contribution in [0.5, 0.6) is 0 Å². The highest BCUT2D eigenvalue weighted by Gasteiger charge is 2.38. The number of fused-ring (bicyclic) bond motifs is 2. The zero-order valence-corrected chi connectivity index (χ0v) is 15.6. The molecule has 158 valence electrons. The number of halogens is 3. The van der Waals surface area contributed by atoms with E-state index in [9.17, 15) is 18.0 Å². The minimum atomic E-state index is -5.08. The van der Waals surface area contributed by atoms with Crippen LogP contribution in [-0.4, -0.2) is 51.4 Å². The minimum absolute atomic E-state index is 0.0870. The molecular formula is C19H18F3N5O3. The number of aromatic amines is 1. The molecule has 0 saturated heterocycles. The second-order valence-electron chi connectivity index (χ2n) is 6.57. The van der Waals surface area contributed by atoms with E-state index >= 15 is 0 Å². The first-order valence-corrected chi connectivity index (χ1v) is 8.92. The summed E-state index contributed by atoms with van der Waals surface area (Å²) in [5, 5.41) is 14.8. The van der Waals surface area contributed by atoms with Crippen molar-refractivity contribution in [2.45, 2.75) is 18.5 Å². The van der Waals surface area contributed by atoms with Crippen LogP contribution in [0.25, 0.3) is 10.9 Å². The Kier molecular flexibility index (Phi) is 6.01. The predicted molar refractivity (Wildman–Crippen MR) is 102 cm³/mol. The molecule has 30 heavy (non-hydrogen) atoms. The molecule has 3 aromatic rings. The van der Waals surface area contributed by atoms with Crippen molar-refractivity contribution in [3.63, 3.8) is 0 Å². The molecule has 0 spiro atoms. The normalized spacial score (nSPS) is 15.9. The van der Waals surface area contributed by atoms with Gasteiger partial charge in [-0.05, 0) is 36.6 Å². The molecule has 0 saturated carbocycles. The number of nitrogens with zero attached hydrogens (tertiary/aromatic N) is 3. The molecule has 1 aromatic carbocycles. The van der Waals surface area contributed by atoms with Gasteiger partial charge in [0.15, 0.2) is 0 Å². The summed E-state index contributed by atoms with van der Waals surface area (Å²) in [6.07, 6.45) is -0.871. The van der Waals surface area contributed by atoms with Crippen LogP contribution in [-0.2, 0) is 4.79 Å². The molecule has 11 heteroatoms. The number of nitrogens with two attached hydrogens (primary N) is 1. The van der Waals surface area contributed by atoms with E-state index in [1.165, 1.54) is 0 Å². The van der Waals surface area contributed by atoms with Crippen LogP contribution in [0.3, 0.4) is 0 Å². The number of H-pyrrole nitrogens is 1. The van der Waals surface area contributed by atoms with E-state index in [1.807, 2.05) is 18.2 Å². The lowest BCUT2D eigenvalue weighted by Crippen LogP contribution is -2.38. The Bertz CT molecular complexity index is 1070. The van der Waals surface area contributed by atoms with E-state index in [0.717, 1.165) is 28.6 Å². The zero-order chi connectivity index (χ0) is 21.9. The van der Waals surface area contributed by atoms with Gasteiger partial charge in [-0.2, -0.15) is 18.3 Å². The smallest absolute Gasteiger partial charge is 0.475 e. The fourth-order valence-corrected chi connectivity index (χ4v) is 3.19. The third-order valence-corrected chi connectivity index (χ3v) is 4.68. The second-order valence-corrected chi connectivity index (χ2v) is 6.57. The van der Waals surface area contributed by atoms with Crippen molar-refractivity contribution in [1.82, 2.24) is 15.2 Å². The predicted octanol–water partition coefficient (Wildman–Crippen LogP) is 2.68. The molecule has 0 radical (unpaired) electrons. The van der Waals surface area contributed by atoms with Crippen LogP contribution in [0.2, 0.25) is 0 Å². The van der Waals surface area contributed by atoms with Gasteiger partial charge in [-0.3, -0.25) is 9.89 Å². The van der Waals surface area contributed by atoms with E-state index in [-0.39, 0.29) is 5.91 Å². The van der Waals surface area contributed by atoms with Gasteiger partial charge in [0.1, 0.15) is 5.69 Å². The number of hydrogen-bond donors (Lipinski definition) is 3. The number of rotatable bonds is 2. The van der Waals surface area contributed by atoms with E-state index in [4.69, 9.17) is 15.6 Å². The number of carboxylic acids is 1. The van der Waals surface area contributed by atoms with Gasteiger partial charge in [-0.1, -0.05) is 18.2 Å². The van der Waals surface area contributed by atoms with Crippen LogP contribution < -0.4 is 10.6 Å². The molecule has 1 unspecified atom stereocenters. The van der Waals surface area contributed by atoms with Crippen molar-refractivity contribution in [1.29, 1.82) is 0 Å².